The van der Waals surface area contributed by atoms with Crippen LogP contribution in [0.3, 0.4) is 0 Å². The Balaban J connectivity index is 0.00000256. The first-order valence-corrected chi connectivity index (χ1v) is 10.1. The fourth-order valence-electron chi connectivity index (χ4n) is 4.15. The monoisotopic (exact) mass is 406 g/mol. The molecule has 0 bridgehead atoms. The number of pyridine rings is 1. The summed E-state index contributed by atoms with van der Waals surface area (Å²) < 4.78 is 0. The van der Waals surface area contributed by atoms with Crippen LogP contribution in [0.2, 0.25) is 0 Å². The lowest BCUT2D eigenvalue weighted by molar-refractivity contribution is 0.232. The van der Waals surface area contributed by atoms with Crippen LogP contribution in [0.15, 0.2) is 36.5 Å². The second-order valence-corrected chi connectivity index (χ2v) is 8.99. The van der Waals surface area contributed by atoms with Gasteiger partial charge in [-0.05, 0) is 56.3 Å². The molecule has 6 heteroatoms. The van der Waals surface area contributed by atoms with Crippen LogP contribution >= 0.6 is 0 Å². The molecule has 0 unspecified atom stereocenters. The van der Waals surface area contributed by atoms with E-state index in [9.17, 15) is 0 Å². The number of hydrogen-bond donors (Lipinski definition) is 3. The van der Waals surface area contributed by atoms with Crippen LogP contribution in [0.4, 0.5) is 0 Å². The number of aryl methyl sites for hydroxylation is 1. The first kappa shape index (κ1) is 22.0. The predicted octanol–water partition coefficient (Wildman–Crippen LogP) is 4.73. The number of nitrogens with one attached hydrogen (secondary N) is 3. The predicted molar refractivity (Wildman–Crippen MR) is 127 cm³/mol. The molecule has 0 spiro atoms. The number of fused-ring (bicyclic) bond motifs is 2. The van der Waals surface area contributed by atoms with Crippen LogP contribution in [0, 0.1) is 12.3 Å². The molecule has 4 aromatic rings. The van der Waals surface area contributed by atoms with Gasteiger partial charge in [0.2, 0.25) is 0 Å². The maximum Gasteiger partial charge on any atom is 0.178 e. The third-order valence-corrected chi connectivity index (χ3v) is 5.16. The Labute approximate surface area is 179 Å². The van der Waals surface area contributed by atoms with Gasteiger partial charge in [-0.15, -0.1) is 0 Å². The SMILES string of the molecule is C.Cc1nc2nccc(-c3cc4cc(CNCC(C)(C)CN(C)C)ccc4[nH]3)c2[nH]1. The first-order valence-electron chi connectivity index (χ1n) is 10.1. The molecule has 0 radical (unpaired) electrons. The molecule has 4 rings (SSSR count). The van der Waals surface area contributed by atoms with Gasteiger partial charge in [-0.25, -0.2) is 9.97 Å². The van der Waals surface area contributed by atoms with Gasteiger partial charge in [0.1, 0.15) is 5.82 Å². The lowest BCUT2D eigenvalue weighted by Crippen LogP contribution is -2.37. The summed E-state index contributed by atoms with van der Waals surface area (Å²) in [6.07, 6.45) is 1.81. The summed E-state index contributed by atoms with van der Waals surface area (Å²) in [4.78, 5) is 17.9. The van der Waals surface area contributed by atoms with Gasteiger partial charge in [0.25, 0.3) is 0 Å². The fourth-order valence-corrected chi connectivity index (χ4v) is 4.15. The van der Waals surface area contributed by atoms with Crippen LogP contribution in [0.1, 0.15) is 32.7 Å². The summed E-state index contributed by atoms with van der Waals surface area (Å²) >= 11 is 0. The molecule has 0 aliphatic carbocycles. The Bertz CT molecular complexity index is 1140. The molecule has 1 aromatic carbocycles. The zero-order chi connectivity index (χ0) is 20.6. The topological polar surface area (TPSA) is 72.6 Å². The van der Waals surface area contributed by atoms with Gasteiger partial charge in [-0.3, -0.25) is 0 Å². The van der Waals surface area contributed by atoms with Crippen LogP contribution in [-0.4, -0.2) is 52.0 Å². The Kier molecular flexibility index (Phi) is 6.29. The maximum absolute atomic E-state index is 4.45. The quantitative estimate of drug-likeness (QED) is 0.415. The van der Waals surface area contributed by atoms with Gasteiger partial charge in [0.05, 0.1) is 5.52 Å². The number of hydrogen-bond acceptors (Lipinski definition) is 4. The molecule has 160 valence electrons. The molecule has 6 nitrogen and oxygen atoms in total. The highest BCUT2D eigenvalue weighted by Gasteiger charge is 2.18. The summed E-state index contributed by atoms with van der Waals surface area (Å²) in [5.41, 5.74) is 6.57. The van der Waals surface area contributed by atoms with Crippen LogP contribution in [0.25, 0.3) is 33.3 Å². The molecule has 30 heavy (non-hydrogen) atoms. The van der Waals surface area contributed by atoms with Crippen LogP contribution in [-0.2, 0) is 6.54 Å². The lowest BCUT2D eigenvalue weighted by atomic mass is 9.93. The average Bonchev–Trinajstić information content (AvgIpc) is 3.21. The number of nitrogens with zero attached hydrogens (tertiary/aromatic N) is 3. The van der Waals surface area contributed by atoms with Gasteiger partial charge in [-0.2, -0.15) is 0 Å². The summed E-state index contributed by atoms with van der Waals surface area (Å²) in [6.45, 7) is 9.47. The number of aromatic amines is 2. The smallest absolute Gasteiger partial charge is 0.178 e. The third-order valence-electron chi connectivity index (χ3n) is 5.16. The van der Waals surface area contributed by atoms with Gasteiger partial charge < -0.3 is 20.2 Å². The normalized spacial score (nSPS) is 12.1. The molecule has 0 saturated heterocycles. The van der Waals surface area contributed by atoms with Gasteiger partial charge in [0, 0.05) is 48.0 Å². The van der Waals surface area contributed by atoms with E-state index in [4.69, 9.17) is 0 Å². The highest BCUT2D eigenvalue weighted by atomic mass is 15.1. The van der Waals surface area contributed by atoms with Crippen molar-refractivity contribution in [3.05, 3.63) is 47.9 Å². The molecule has 0 fully saturated rings. The molecule has 0 aliphatic rings. The standard InChI is InChI=1S/C23H30N6.CH4/c1-15-26-21-18(8-9-25-22(21)27-15)20-11-17-10-16(6-7-19(17)28-20)12-24-13-23(2,3)14-29(4)5;/h6-11,24,28H,12-14H2,1-5H3,(H,25,26,27);1H4. The van der Waals surface area contributed by atoms with Crippen molar-refractivity contribution in [3.8, 4) is 11.3 Å². The van der Waals surface area contributed by atoms with E-state index in [0.29, 0.717) is 0 Å². The summed E-state index contributed by atoms with van der Waals surface area (Å²) in [6, 6.07) is 10.9. The molecule has 3 heterocycles. The Morgan fingerprint density at radius 2 is 1.90 bits per heavy atom. The number of rotatable bonds is 7. The van der Waals surface area contributed by atoms with Crippen molar-refractivity contribution in [2.45, 2.75) is 34.7 Å². The molecule has 0 aliphatic heterocycles. The van der Waals surface area contributed by atoms with E-state index in [1.807, 2.05) is 19.2 Å². The molecule has 3 aromatic heterocycles. The van der Waals surface area contributed by atoms with E-state index >= 15 is 0 Å². The largest absolute Gasteiger partial charge is 0.354 e. The van der Waals surface area contributed by atoms with Gasteiger partial charge in [0.15, 0.2) is 5.65 Å². The van der Waals surface area contributed by atoms with E-state index in [2.05, 4.69) is 82.4 Å². The lowest BCUT2D eigenvalue weighted by Gasteiger charge is -2.28. The zero-order valence-corrected chi connectivity index (χ0v) is 17.9. The third kappa shape index (κ3) is 4.71. The highest BCUT2D eigenvalue weighted by molar-refractivity contribution is 5.94. The van der Waals surface area contributed by atoms with Crippen molar-refractivity contribution in [2.24, 2.45) is 5.41 Å². The minimum absolute atomic E-state index is 0. The number of imidazole rings is 1. The molecular weight excluding hydrogens is 372 g/mol. The Morgan fingerprint density at radius 1 is 1.10 bits per heavy atom. The average molecular weight is 407 g/mol. The summed E-state index contributed by atoms with van der Waals surface area (Å²) in [5.74, 6) is 0.876. The Hall–Kier alpha value is -2.70. The molecule has 0 saturated carbocycles. The molecule has 0 amide bonds. The van der Waals surface area contributed by atoms with Crippen LogP contribution in [0.5, 0.6) is 0 Å². The second kappa shape index (κ2) is 8.58. The number of H-pyrrole nitrogens is 2. The zero-order valence-electron chi connectivity index (χ0n) is 17.9. The molecular formula is C24H34N6. The minimum Gasteiger partial charge on any atom is -0.354 e. The first-order chi connectivity index (χ1) is 13.8. The van der Waals surface area contributed by atoms with E-state index in [-0.39, 0.29) is 12.8 Å². The molecule has 3 N–H and O–H groups in total. The van der Waals surface area contributed by atoms with Gasteiger partial charge in [-0.1, -0.05) is 27.3 Å². The van der Waals surface area contributed by atoms with Crippen LogP contribution < -0.4 is 5.32 Å². The van der Waals surface area contributed by atoms with E-state index in [1.54, 1.807) is 0 Å². The van der Waals surface area contributed by atoms with Crippen molar-refractivity contribution in [1.29, 1.82) is 0 Å². The van der Waals surface area contributed by atoms with Crippen molar-refractivity contribution < 1.29 is 0 Å². The number of aromatic nitrogens is 4. The van der Waals surface area contributed by atoms with Crippen molar-refractivity contribution in [2.75, 3.05) is 27.2 Å². The van der Waals surface area contributed by atoms with Crippen molar-refractivity contribution in [3.63, 3.8) is 0 Å². The van der Waals surface area contributed by atoms with Crippen molar-refractivity contribution >= 4 is 22.1 Å². The summed E-state index contributed by atoms with van der Waals surface area (Å²) in [7, 11) is 4.25. The summed E-state index contributed by atoms with van der Waals surface area (Å²) in [5, 5.41) is 4.83. The van der Waals surface area contributed by atoms with E-state index in [1.165, 1.54) is 10.9 Å². The Morgan fingerprint density at radius 3 is 2.67 bits per heavy atom. The molecule has 0 atom stereocenters. The highest BCUT2D eigenvalue weighted by Crippen LogP contribution is 2.29. The van der Waals surface area contributed by atoms with E-state index in [0.717, 1.165) is 53.4 Å². The fraction of sp³-hybridized carbons (Fsp3) is 0.417. The second-order valence-electron chi connectivity index (χ2n) is 8.99. The van der Waals surface area contributed by atoms with Crippen molar-refractivity contribution in [1.82, 2.24) is 30.2 Å². The number of benzene rings is 1. The minimum atomic E-state index is 0. The maximum atomic E-state index is 4.45. The van der Waals surface area contributed by atoms with Gasteiger partial charge >= 0.3 is 0 Å². The van der Waals surface area contributed by atoms with E-state index < -0.39 is 0 Å².